The molecule has 2 amide bonds. The van der Waals surface area contributed by atoms with Gasteiger partial charge >= 0.3 is 0 Å². The standard InChI is InChI=1S/C30H30BrN5O3/c1-19(2)12-29(18-37,35(3)27(38)26-11-20-8-9-22(31)10-21(20)15-33-26)16-36-17-30(13-23(36)14-32)24-6-4-5-7-25(24)34-28(30)39/h4-11,15,18-19,23H,12-13,16-17H2,1-3H3,(H,34,39)/t23-,29+,30-/m0/s1. The molecule has 3 heterocycles. The van der Waals surface area contributed by atoms with Gasteiger partial charge in [-0.2, -0.15) is 5.26 Å². The number of hydrogen-bond donors (Lipinski definition) is 1. The van der Waals surface area contributed by atoms with Gasteiger partial charge in [-0.15, -0.1) is 0 Å². The van der Waals surface area contributed by atoms with E-state index in [1.807, 2.05) is 61.2 Å². The molecule has 3 aromatic rings. The first kappa shape index (κ1) is 27.0. The van der Waals surface area contributed by atoms with Gasteiger partial charge < -0.3 is 15.0 Å². The van der Waals surface area contributed by atoms with Crippen LogP contribution in [-0.2, 0) is 15.0 Å². The Kier molecular flexibility index (Phi) is 7.04. The summed E-state index contributed by atoms with van der Waals surface area (Å²) in [5, 5.41) is 14.8. The first-order chi connectivity index (χ1) is 18.6. The lowest BCUT2D eigenvalue weighted by Gasteiger charge is -2.42. The molecule has 8 nitrogen and oxygen atoms in total. The third-order valence-electron chi connectivity index (χ3n) is 8.06. The van der Waals surface area contributed by atoms with Gasteiger partial charge in [0.15, 0.2) is 0 Å². The van der Waals surface area contributed by atoms with E-state index in [1.165, 1.54) is 4.90 Å². The molecule has 3 atom stereocenters. The van der Waals surface area contributed by atoms with Crippen molar-refractivity contribution in [1.82, 2.24) is 14.8 Å². The summed E-state index contributed by atoms with van der Waals surface area (Å²) in [5.74, 6) is -0.428. The van der Waals surface area contributed by atoms with Crippen molar-refractivity contribution in [3.63, 3.8) is 0 Å². The van der Waals surface area contributed by atoms with Crippen LogP contribution in [0.4, 0.5) is 5.69 Å². The van der Waals surface area contributed by atoms with Gasteiger partial charge in [-0.1, -0.05) is 54.0 Å². The van der Waals surface area contributed by atoms with Crippen molar-refractivity contribution in [2.24, 2.45) is 5.92 Å². The number of likely N-dealkylation sites (tertiary alicyclic amines) is 1. The van der Waals surface area contributed by atoms with Gasteiger partial charge in [0.1, 0.15) is 17.5 Å². The Morgan fingerprint density at radius 2 is 2.08 bits per heavy atom. The third-order valence-corrected chi connectivity index (χ3v) is 8.56. The SMILES string of the molecule is CC(C)C[C@](C=O)(CN1C[C@]2(C[C@H]1C#N)C(=O)Nc1ccccc12)N(C)C(=O)c1cc2ccc(Br)cc2cn1. The number of nitrogens with zero attached hydrogens (tertiary/aromatic N) is 4. The van der Waals surface area contributed by atoms with Gasteiger partial charge in [0.2, 0.25) is 5.91 Å². The van der Waals surface area contributed by atoms with Crippen LogP contribution in [0.25, 0.3) is 10.8 Å². The lowest BCUT2D eigenvalue weighted by atomic mass is 9.80. The molecule has 1 saturated heterocycles. The Labute approximate surface area is 236 Å². The summed E-state index contributed by atoms with van der Waals surface area (Å²) in [4.78, 5) is 47.7. The number of benzene rings is 2. The van der Waals surface area contributed by atoms with Gasteiger partial charge in [-0.25, -0.2) is 0 Å². The smallest absolute Gasteiger partial charge is 0.273 e. The van der Waals surface area contributed by atoms with E-state index in [2.05, 4.69) is 32.3 Å². The molecule has 0 aliphatic carbocycles. The van der Waals surface area contributed by atoms with E-state index in [4.69, 9.17) is 0 Å². The van der Waals surface area contributed by atoms with E-state index in [1.54, 1.807) is 19.3 Å². The summed E-state index contributed by atoms with van der Waals surface area (Å²) in [5.41, 5.74) is -0.237. The van der Waals surface area contributed by atoms with Crippen LogP contribution >= 0.6 is 15.9 Å². The Morgan fingerprint density at radius 3 is 2.79 bits per heavy atom. The van der Waals surface area contributed by atoms with E-state index in [0.717, 1.165) is 32.8 Å². The Morgan fingerprint density at radius 1 is 1.31 bits per heavy atom. The molecular weight excluding hydrogens is 558 g/mol. The highest BCUT2D eigenvalue weighted by molar-refractivity contribution is 9.10. The van der Waals surface area contributed by atoms with Crippen LogP contribution in [0.1, 0.15) is 42.7 Å². The van der Waals surface area contributed by atoms with Crippen molar-refractivity contribution in [1.29, 1.82) is 5.26 Å². The second-order valence-corrected chi connectivity index (χ2v) is 12.0. The van der Waals surface area contributed by atoms with Crippen molar-refractivity contribution in [2.45, 2.75) is 43.7 Å². The minimum atomic E-state index is -1.23. The number of carbonyl (C=O) groups is 3. The first-order valence-corrected chi connectivity index (χ1v) is 13.8. The largest absolute Gasteiger partial charge is 0.327 e. The molecule has 2 aliphatic heterocycles. The number of likely N-dealkylation sites (N-methyl/N-ethyl adjacent to an activating group) is 1. The maximum Gasteiger partial charge on any atom is 0.273 e. The summed E-state index contributed by atoms with van der Waals surface area (Å²) < 4.78 is 0.916. The van der Waals surface area contributed by atoms with Crippen molar-refractivity contribution >= 4 is 50.5 Å². The predicted molar refractivity (Wildman–Crippen MR) is 152 cm³/mol. The average Bonchev–Trinajstić information content (AvgIpc) is 3.43. The van der Waals surface area contributed by atoms with Crippen LogP contribution in [-0.4, -0.2) is 64.6 Å². The molecule has 5 rings (SSSR count). The quantitative estimate of drug-likeness (QED) is 0.407. The zero-order chi connectivity index (χ0) is 27.9. The average molecular weight is 589 g/mol. The molecule has 0 unspecified atom stereocenters. The number of nitriles is 1. The number of aldehydes is 1. The van der Waals surface area contributed by atoms with Crippen LogP contribution in [0.15, 0.2) is 59.2 Å². The monoisotopic (exact) mass is 587 g/mol. The highest BCUT2D eigenvalue weighted by Crippen LogP contribution is 2.46. The number of pyridine rings is 1. The van der Waals surface area contributed by atoms with Crippen LogP contribution in [0.2, 0.25) is 0 Å². The normalized spacial score (nSPS) is 21.9. The molecule has 0 radical (unpaired) electrons. The van der Waals surface area contributed by atoms with E-state index < -0.39 is 17.0 Å². The van der Waals surface area contributed by atoms with Crippen LogP contribution in [0.5, 0.6) is 0 Å². The van der Waals surface area contributed by atoms with Crippen LogP contribution in [0, 0.1) is 17.2 Å². The number of anilines is 1. The van der Waals surface area contributed by atoms with Crippen LogP contribution in [0.3, 0.4) is 0 Å². The summed E-state index contributed by atoms with van der Waals surface area (Å²) in [7, 11) is 1.62. The number of hydrogen-bond acceptors (Lipinski definition) is 6. The summed E-state index contributed by atoms with van der Waals surface area (Å²) in [6.07, 6.45) is 3.19. The fourth-order valence-corrected chi connectivity index (χ4v) is 6.52. The summed E-state index contributed by atoms with van der Waals surface area (Å²) in [6, 6.07) is 16.8. The number of para-hydroxylation sites is 1. The predicted octanol–water partition coefficient (Wildman–Crippen LogP) is 4.54. The summed E-state index contributed by atoms with van der Waals surface area (Å²) >= 11 is 3.45. The topological polar surface area (TPSA) is 106 Å². The Hall–Kier alpha value is -3.61. The molecule has 2 aromatic carbocycles. The Balaban J connectivity index is 1.48. The zero-order valence-electron chi connectivity index (χ0n) is 22.1. The van der Waals surface area contributed by atoms with Crippen molar-refractivity contribution in [3.05, 3.63) is 70.5 Å². The van der Waals surface area contributed by atoms with Crippen molar-refractivity contribution < 1.29 is 14.4 Å². The maximum atomic E-state index is 13.8. The summed E-state index contributed by atoms with van der Waals surface area (Å²) in [6.45, 7) is 4.41. The fraction of sp³-hybridized carbons (Fsp3) is 0.367. The lowest BCUT2D eigenvalue weighted by Crippen LogP contribution is -2.59. The molecule has 9 heteroatoms. The molecular formula is C30H30BrN5O3. The van der Waals surface area contributed by atoms with Gasteiger partial charge in [-0.3, -0.25) is 19.5 Å². The van der Waals surface area contributed by atoms with Crippen molar-refractivity contribution in [2.75, 3.05) is 25.5 Å². The maximum absolute atomic E-state index is 13.8. The van der Waals surface area contributed by atoms with E-state index in [-0.39, 0.29) is 36.5 Å². The highest BCUT2D eigenvalue weighted by Gasteiger charge is 2.56. The Bertz CT molecular complexity index is 1520. The molecule has 39 heavy (non-hydrogen) atoms. The number of nitrogens with one attached hydrogen (secondary N) is 1. The molecule has 1 fully saturated rings. The lowest BCUT2D eigenvalue weighted by molar-refractivity contribution is -0.120. The van der Waals surface area contributed by atoms with E-state index in [9.17, 15) is 19.6 Å². The van der Waals surface area contributed by atoms with Gasteiger partial charge in [0.05, 0.1) is 17.5 Å². The molecule has 1 aromatic heterocycles. The van der Waals surface area contributed by atoms with Gasteiger partial charge in [-0.05, 0) is 54.0 Å². The minimum absolute atomic E-state index is 0.0833. The first-order valence-electron chi connectivity index (χ1n) is 13.0. The molecule has 0 bridgehead atoms. The number of fused-ring (bicyclic) bond motifs is 3. The molecule has 1 spiro atoms. The number of amides is 2. The molecule has 0 saturated carbocycles. The minimum Gasteiger partial charge on any atom is -0.327 e. The molecule has 1 N–H and O–H groups in total. The number of carbonyl (C=O) groups excluding carboxylic acids is 3. The number of aromatic nitrogens is 1. The number of halogens is 1. The van der Waals surface area contributed by atoms with Crippen LogP contribution < -0.4 is 5.32 Å². The van der Waals surface area contributed by atoms with Crippen molar-refractivity contribution in [3.8, 4) is 6.07 Å². The second-order valence-electron chi connectivity index (χ2n) is 11.1. The number of rotatable bonds is 7. The van der Waals surface area contributed by atoms with E-state index in [0.29, 0.717) is 12.8 Å². The van der Waals surface area contributed by atoms with E-state index >= 15 is 0 Å². The molecule has 2 aliphatic rings. The highest BCUT2D eigenvalue weighted by atomic mass is 79.9. The van der Waals surface area contributed by atoms with Gasteiger partial charge in [0, 0.05) is 41.9 Å². The van der Waals surface area contributed by atoms with Gasteiger partial charge in [0.25, 0.3) is 5.91 Å². The molecule has 200 valence electrons. The second kappa shape index (κ2) is 10.2. The third kappa shape index (κ3) is 4.62. The fourth-order valence-electron chi connectivity index (χ4n) is 6.14. The zero-order valence-corrected chi connectivity index (χ0v) is 23.7.